The van der Waals surface area contributed by atoms with Crippen LogP contribution in [0, 0.1) is 0 Å². The van der Waals surface area contributed by atoms with Crippen molar-refractivity contribution >= 4 is 29.1 Å². The summed E-state index contributed by atoms with van der Waals surface area (Å²) in [6.45, 7) is 2.72. The van der Waals surface area contributed by atoms with Gasteiger partial charge in [0.05, 0.1) is 11.9 Å². The van der Waals surface area contributed by atoms with Crippen molar-refractivity contribution in [1.82, 2.24) is 9.88 Å². The van der Waals surface area contributed by atoms with Crippen molar-refractivity contribution in [2.24, 2.45) is 0 Å². The van der Waals surface area contributed by atoms with Gasteiger partial charge in [0.1, 0.15) is 6.10 Å². The topological polar surface area (TPSA) is 71.5 Å². The fourth-order valence-corrected chi connectivity index (χ4v) is 2.98. The Balaban J connectivity index is 1.51. The molecule has 1 fully saturated rings. The van der Waals surface area contributed by atoms with Gasteiger partial charge in [-0.25, -0.2) is 4.98 Å². The van der Waals surface area contributed by atoms with Gasteiger partial charge < -0.3 is 15.0 Å². The summed E-state index contributed by atoms with van der Waals surface area (Å²) in [5.41, 5.74) is 1.28. The molecule has 1 N–H and O–H groups in total. The standard InChI is InChI=1S/C19H20ClN3O3/c1-13(24)22-16-6-7-18(21-12-16)26-17-8-10-23(11-9-17)19(25)14-2-4-15(20)5-3-14/h2-7,12,17H,8-11H2,1H3,(H,22,24). The number of rotatable bonds is 4. The van der Waals surface area contributed by atoms with Gasteiger partial charge in [-0.05, 0) is 30.3 Å². The van der Waals surface area contributed by atoms with Gasteiger partial charge in [0.15, 0.2) is 0 Å². The van der Waals surface area contributed by atoms with E-state index in [0.29, 0.717) is 35.2 Å². The van der Waals surface area contributed by atoms with Gasteiger partial charge in [-0.3, -0.25) is 9.59 Å². The molecule has 0 atom stereocenters. The maximum atomic E-state index is 12.5. The molecule has 1 saturated heterocycles. The number of benzene rings is 1. The molecule has 7 heteroatoms. The van der Waals surface area contributed by atoms with E-state index in [-0.39, 0.29) is 17.9 Å². The van der Waals surface area contributed by atoms with Crippen LogP contribution in [0.4, 0.5) is 5.69 Å². The van der Waals surface area contributed by atoms with E-state index in [4.69, 9.17) is 16.3 Å². The van der Waals surface area contributed by atoms with Crippen molar-refractivity contribution in [3.05, 3.63) is 53.2 Å². The molecule has 136 valence electrons. The lowest BCUT2D eigenvalue weighted by molar-refractivity contribution is -0.114. The molecule has 6 nitrogen and oxygen atoms in total. The number of hydrogen-bond donors (Lipinski definition) is 1. The average Bonchev–Trinajstić information content (AvgIpc) is 2.64. The van der Waals surface area contributed by atoms with Crippen molar-refractivity contribution in [3.63, 3.8) is 0 Å². The van der Waals surface area contributed by atoms with Gasteiger partial charge in [-0.15, -0.1) is 0 Å². The van der Waals surface area contributed by atoms with Crippen LogP contribution in [0.5, 0.6) is 5.88 Å². The first-order valence-corrected chi connectivity index (χ1v) is 8.84. The minimum atomic E-state index is -0.141. The predicted molar refractivity (Wildman–Crippen MR) is 99.5 cm³/mol. The Morgan fingerprint density at radius 2 is 1.85 bits per heavy atom. The van der Waals surface area contributed by atoms with Crippen molar-refractivity contribution in [2.45, 2.75) is 25.9 Å². The highest BCUT2D eigenvalue weighted by atomic mass is 35.5. The highest BCUT2D eigenvalue weighted by Crippen LogP contribution is 2.20. The number of piperidine rings is 1. The molecule has 0 aliphatic carbocycles. The van der Waals surface area contributed by atoms with Gasteiger partial charge in [-0.2, -0.15) is 0 Å². The molecule has 2 aromatic rings. The molecule has 0 spiro atoms. The van der Waals surface area contributed by atoms with Crippen molar-refractivity contribution in [1.29, 1.82) is 0 Å². The van der Waals surface area contributed by atoms with Crippen LogP contribution in [0.15, 0.2) is 42.6 Å². The number of nitrogens with zero attached hydrogens (tertiary/aromatic N) is 2. The summed E-state index contributed by atoms with van der Waals surface area (Å²) < 4.78 is 5.89. The van der Waals surface area contributed by atoms with E-state index in [0.717, 1.165) is 12.8 Å². The monoisotopic (exact) mass is 373 g/mol. The third kappa shape index (κ3) is 4.73. The average molecular weight is 374 g/mol. The minimum absolute atomic E-state index is 0.0119. The third-order valence-electron chi connectivity index (χ3n) is 4.16. The van der Waals surface area contributed by atoms with Crippen LogP contribution in [-0.4, -0.2) is 40.9 Å². The van der Waals surface area contributed by atoms with E-state index in [1.54, 1.807) is 42.6 Å². The number of carbonyl (C=O) groups is 2. The molecule has 2 amide bonds. The largest absolute Gasteiger partial charge is 0.474 e. The van der Waals surface area contributed by atoms with E-state index in [2.05, 4.69) is 10.3 Å². The van der Waals surface area contributed by atoms with Gasteiger partial charge in [-0.1, -0.05) is 11.6 Å². The van der Waals surface area contributed by atoms with Crippen LogP contribution >= 0.6 is 11.6 Å². The predicted octanol–water partition coefficient (Wildman–Crippen LogP) is 3.38. The Hall–Kier alpha value is -2.60. The summed E-state index contributed by atoms with van der Waals surface area (Å²) in [7, 11) is 0. The normalized spacial score (nSPS) is 14.8. The maximum Gasteiger partial charge on any atom is 0.253 e. The molecule has 3 rings (SSSR count). The van der Waals surface area contributed by atoms with Crippen molar-refractivity contribution in [2.75, 3.05) is 18.4 Å². The molecule has 1 aliphatic rings. The highest BCUT2D eigenvalue weighted by molar-refractivity contribution is 6.30. The maximum absolute atomic E-state index is 12.5. The van der Waals surface area contributed by atoms with E-state index >= 15 is 0 Å². The Morgan fingerprint density at radius 1 is 1.15 bits per heavy atom. The number of aromatic nitrogens is 1. The van der Waals surface area contributed by atoms with E-state index in [1.165, 1.54) is 6.92 Å². The van der Waals surface area contributed by atoms with Crippen LogP contribution in [0.3, 0.4) is 0 Å². The lowest BCUT2D eigenvalue weighted by atomic mass is 10.1. The molecule has 26 heavy (non-hydrogen) atoms. The number of anilines is 1. The summed E-state index contributed by atoms with van der Waals surface area (Å²) in [6, 6.07) is 10.4. The molecule has 0 unspecified atom stereocenters. The van der Waals surface area contributed by atoms with Crippen LogP contribution in [0.25, 0.3) is 0 Å². The molecule has 2 heterocycles. The highest BCUT2D eigenvalue weighted by Gasteiger charge is 2.25. The second kappa shape index (κ2) is 8.19. The van der Waals surface area contributed by atoms with Gasteiger partial charge in [0, 0.05) is 49.5 Å². The SMILES string of the molecule is CC(=O)Nc1ccc(OC2CCN(C(=O)c3ccc(Cl)cc3)CC2)nc1. The van der Waals surface area contributed by atoms with Crippen LogP contribution in [0.1, 0.15) is 30.1 Å². The Labute approximate surface area is 157 Å². The van der Waals surface area contributed by atoms with Gasteiger partial charge >= 0.3 is 0 Å². The number of amides is 2. The minimum Gasteiger partial charge on any atom is -0.474 e. The van der Waals surface area contributed by atoms with Gasteiger partial charge in [0.2, 0.25) is 11.8 Å². The molecule has 0 bridgehead atoms. The zero-order valence-corrected chi connectivity index (χ0v) is 15.2. The second-order valence-electron chi connectivity index (χ2n) is 6.18. The quantitative estimate of drug-likeness (QED) is 0.891. The lowest BCUT2D eigenvalue weighted by Gasteiger charge is -2.32. The number of pyridine rings is 1. The molecule has 0 radical (unpaired) electrons. The van der Waals surface area contributed by atoms with Crippen molar-refractivity contribution < 1.29 is 14.3 Å². The summed E-state index contributed by atoms with van der Waals surface area (Å²) in [5.74, 6) is 0.387. The van der Waals surface area contributed by atoms with Crippen LogP contribution in [-0.2, 0) is 4.79 Å². The number of carbonyl (C=O) groups excluding carboxylic acids is 2. The zero-order valence-electron chi connectivity index (χ0n) is 14.4. The molecule has 1 aromatic heterocycles. The van der Waals surface area contributed by atoms with E-state index in [1.807, 2.05) is 4.90 Å². The lowest BCUT2D eigenvalue weighted by Crippen LogP contribution is -2.41. The summed E-state index contributed by atoms with van der Waals surface area (Å²) in [5, 5.41) is 3.28. The summed E-state index contributed by atoms with van der Waals surface area (Å²) >= 11 is 5.86. The van der Waals surface area contributed by atoms with Crippen LogP contribution in [0.2, 0.25) is 5.02 Å². The molecule has 1 aliphatic heterocycles. The number of hydrogen-bond acceptors (Lipinski definition) is 4. The molecule has 0 saturated carbocycles. The zero-order chi connectivity index (χ0) is 18.5. The van der Waals surface area contributed by atoms with Crippen LogP contribution < -0.4 is 10.1 Å². The number of nitrogens with one attached hydrogen (secondary N) is 1. The molecular weight excluding hydrogens is 354 g/mol. The first-order valence-electron chi connectivity index (χ1n) is 8.46. The fourth-order valence-electron chi connectivity index (χ4n) is 2.85. The number of likely N-dealkylation sites (tertiary alicyclic amines) is 1. The Bertz CT molecular complexity index is 770. The smallest absolute Gasteiger partial charge is 0.253 e. The van der Waals surface area contributed by atoms with E-state index in [9.17, 15) is 9.59 Å². The first kappa shape index (κ1) is 18.2. The Morgan fingerprint density at radius 3 is 2.42 bits per heavy atom. The summed E-state index contributed by atoms with van der Waals surface area (Å²) in [4.78, 5) is 29.5. The van der Waals surface area contributed by atoms with Crippen molar-refractivity contribution in [3.8, 4) is 5.88 Å². The van der Waals surface area contributed by atoms with Gasteiger partial charge in [0.25, 0.3) is 5.91 Å². The first-order chi connectivity index (χ1) is 12.5. The number of halogens is 1. The summed E-state index contributed by atoms with van der Waals surface area (Å²) in [6.07, 6.45) is 3.07. The molecule has 1 aromatic carbocycles. The second-order valence-corrected chi connectivity index (χ2v) is 6.62. The number of ether oxygens (including phenoxy) is 1. The van der Waals surface area contributed by atoms with E-state index < -0.39 is 0 Å². The fraction of sp³-hybridized carbons (Fsp3) is 0.316. The Kier molecular flexibility index (Phi) is 5.73. The third-order valence-corrected chi connectivity index (χ3v) is 4.42. The molecular formula is C19H20ClN3O3.